The number of anilines is 1. The van der Waals surface area contributed by atoms with Crippen LogP contribution in [0.1, 0.15) is 31.2 Å². The fourth-order valence-electron chi connectivity index (χ4n) is 3.66. The van der Waals surface area contributed by atoms with Crippen molar-refractivity contribution >= 4 is 54.8 Å². The largest absolute Gasteiger partial charge is 0.493 e. The Morgan fingerprint density at radius 2 is 1.84 bits per heavy atom. The molecule has 1 heterocycles. The van der Waals surface area contributed by atoms with Gasteiger partial charge in [-0.3, -0.25) is 4.31 Å². The van der Waals surface area contributed by atoms with Crippen LogP contribution in [0.25, 0.3) is 0 Å². The van der Waals surface area contributed by atoms with Crippen LogP contribution in [0.15, 0.2) is 40.9 Å². The minimum Gasteiger partial charge on any atom is -0.493 e. The number of benzene rings is 2. The molecule has 5 nitrogen and oxygen atoms in total. The lowest BCUT2D eigenvalue weighted by Crippen LogP contribution is -2.31. The molecule has 0 amide bonds. The number of rotatable bonds is 9. The summed E-state index contributed by atoms with van der Waals surface area (Å²) >= 11 is 15.9. The number of ether oxygens (including phenoxy) is 1. The van der Waals surface area contributed by atoms with E-state index in [0.29, 0.717) is 28.1 Å². The van der Waals surface area contributed by atoms with E-state index in [0.717, 1.165) is 42.3 Å². The van der Waals surface area contributed by atoms with Gasteiger partial charge in [0.15, 0.2) is 0 Å². The van der Waals surface area contributed by atoms with Gasteiger partial charge in [0.2, 0.25) is 10.0 Å². The van der Waals surface area contributed by atoms with Crippen LogP contribution in [0.4, 0.5) is 5.69 Å². The molecule has 0 aromatic heterocycles. The molecule has 31 heavy (non-hydrogen) atoms. The maximum atomic E-state index is 12.6. The van der Waals surface area contributed by atoms with E-state index in [2.05, 4.69) is 20.8 Å². The first-order valence-electron chi connectivity index (χ1n) is 10.3. The highest BCUT2D eigenvalue weighted by Gasteiger charge is 2.22. The Morgan fingerprint density at radius 1 is 1.10 bits per heavy atom. The van der Waals surface area contributed by atoms with Crippen molar-refractivity contribution in [2.45, 2.75) is 32.2 Å². The zero-order valence-electron chi connectivity index (χ0n) is 17.5. The van der Waals surface area contributed by atoms with E-state index < -0.39 is 10.0 Å². The summed E-state index contributed by atoms with van der Waals surface area (Å²) in [7, 11) is -3.61. The van der Waals surface area contributed by atoms with E-state index in [-0.39, 0.29) is 6.54 Å². The smallest absolute Gasteiger partial charge is 0.232 e. The SMILES string of the molecule is CS(=O)(=O)N(Cc1ccc(Br)cc1OCCCN1CCCCC1)c1cc(Cl)ccc1Cl. The summed E-state index contributed by atoms with van der Waals surface area (Å²) in [5.74, 6) is 0.653. The van der Waals surface area contributed by atoms with E-state index in [1.54, 1.807) is 18.2 Å². The van der Waals surface area contributed by atoms with E-state index >= 15 is 0 Å². The average molecular weight is 550 g/mol. The predicted octanol–water partition coefficient (Wildman–Crippen LogP) is 5.98. The fraction of sp³-hybridized carbons (Fsp3) is 0.455. The molecule has 0 bridgehead atoms. The number of halogens is 3. The number of hydrogen-bond donors (Lipinski definition) is 0. The summed E-state index contributed by atoms with van der Waals surface area (Å²) in [5, 5.41) is 0.731. The van der Waals surface area contributed by atoms with E-state index in [4.69, 9.17) is 27.9 Å². The summed E-state index contributed by atoms with van der Waals surface area (Å²) < 4.78 is 33.4. The molecule has 1 saturated heterocycles. The first kappa shape index (κ1) is 24.6. The second kappa shape index (κ2) is 11.2. The Kier molecular flexibility index (Phi) is 8.93. The molecule has 0 spiro atoms. The van der Waals surface area contributed by atoms with Crippen LogP contribution < -0.4 is 9.04 Å². The summed E-state index contributed by atoms with van der Waals surface area (Å²) in [6.45, 7) is 3.99. The molecular formula is C22H27BrCl2N2O3S. The maximum absolute atomic E-state index is 12.6. The van der Waals surface area contributed by atoms with Gasteiger partial charge in [-0.15, -0.1) is 0 Å². The molecule has 2 aromatic carbocycles. The Hall–Kier alpha value is -0.990. The standard InChI is InChI=1S/C22H27BrCl2N2O3S/c1-31(28,29)27(21-15-19(24)8-9-20(21)25)16-17-6-7-18(23)14-22(17)30-13-5-12-26-10-3-2-4-11-26/h6-9,14-15H,2-5,10-13,16H2,1H3. The third kappa shape index (κ3) is 7.26. The van der Waals surface area contributed by atoms with Crippen molar-refractivity contribution in [1.82, 2.24) is 4.90 Å². The molecule has 0 aliphatic carbocycles. The minimum absolute atomic E-state index is 0.0909. The monoisotopic (exact) mass is 548 g/mol. The van der Waals surface area contributed by atoms with Gasteiger partial charge in [0.1, 0.15) is 5.75 Å². The number of piperidine rings is 1. The van der Waals surface area contributed by atoms with Gasteiger partial charge in [-0.1, -0.05) is 51.6 Å². The summed E-state index contributed by atoms with van der Waals surface area (Å²) in [4.78, 5) is 2.47. The van der Waals surface area contributed by atoms with Crippen LogP contribution >= 0.6 is 39.1 Å². The van der Waals surface area contributed by atoms with Crippen LogP contribution in [0.5, 0.6) is 5.75 Å². The predicted molar refractivity (Wildman–Crippen MR) is 132 cm³/mol. The van der Waals surface area contributed by atoms with Crippen molar-refractivity contribution in [3.63, 3.8) is 0 Å². The van der Waals surface area contributed by atoms with Crippen molar-refractivity contribution in [3.05, 3.63) is 56.5 Å². The summed E-state index contributed by atoms with van der Waals surface area (Å²) in [5.41, 5.74) is 1.10. The molecule has 0 saturated carbocycles. The summed E-state index contributed by atoms with van der Waals surface area (Å²) in [6, 6.07) is 10.4. The minimum atomic E-state index is -3.61. The molecular weight excluding hydrogens is 523 g/mol. The maximum Gasteiger partial charge on any atom is 0.232 e. The third-order valence-electron chi connectivity index (χ3n) is 5.25. The number of nitrogens with zero attached hydrogens (tertiary/aromatic N) is 2. The number of hydrogen-bond acceptors (Lipinski definition) is 4. The Bertz CT molecular complexity index is 998. The fourth-order valence-corrected chi connectivity index (χ4v) is 5.32. The molecule has 0 unspecified atom stereocenters. The molecule has 2 aromatic rings. The lowest BCUT2D eigenvalue weighted by molar-refractivity contribution is 0.204. The molecule has 170 valence electrons. The van der Waals surface area contributed by atoms with Crippen LogP contribution in [0.2, 0.25) is 10.0 Å². The lowest BCUT2D eigenvalue weighted by atomic mass is 10.1. The van der Waals surface area contributed by atoms with Crippen molar-refractivity contribution < 1.29 is 13.2 Å². The lowest BCUT2D eigenvalue weighted by Gasteiger charge is -2.26. The van der Waals surface area contributed by atoms with Crippen LogP contribution in [0, 0.1) is 0 Å². The zero-order chi connectivity index (χ0) is 22.4. The molecule has 1 aliphatic heterocycles. The highest BCUT2D eigenvalue weighted by molar-refractivity contribution is 9.10. The van der Waals surface area contributed by atoms with Gasteiger partial charge in [-0.2, -0.15) is 0 Å². The molecule has 0 radical (unpaired) electrons. The Balaban J connectivity index is 1.75. The van der Waals surface area contributed by atoms with Crippen molar-refractivity contribution in [1.29, 1.82) is 0 Å². The third-order valence-corrected chi connectivity index (χ3v) is 7.42. The van der Waals surface area contributed by atoms with Gasteiger partial charge in [0.25, 0.3) is 0 Å². The average Bonchev–Trinajstić information content (AvgIpc) is 2.72. The highest BCUT2D eigenvalue weighted by atomic mass is 79.9. The van der Waals surface area contributed by atoms with Gasteiger partial charge in [-0.05, 0) is 62.7 Å². The number of likely N-dealkylation sites (tertiary alicyclic amines) is 1. The van der Waals surface area contributed by atoms with Gasteiger partial charge in [0, 0.05) is 21.6 Å². The van der Waals surface area contributed by atoms with Crippen molar-refractivity contribution in [2.24, 2.45) is 0 Å². The van der Waals surface area contributed by atoms with Crippen LogP contribution in [-0.2, 0) is 16.6 Å². The van der Waals surface area contributed by atoms with E-state index in [1.807, 2.05) is 18.2 Å². The van der Waals surface area contributed by atoms with Gasteiger partial charge in [0.05, 0.1) is 30.1 Å². The van der Waals surface area contributed by atoms with E-state index in [1.165, 1.54) is 23.6 Å². The molecule has 0 N–H and O–H groups in total. The normalized spacial score (nSPS) is 15.1. The molecule has 3 rings (SSSR count). The zero-order valence-corrected chi connectivity index (χ0v) is 21.4. The number of sulfonamides is 1. The second-order valence-corrected chi connectivity index (χ2v) is 11.4. The second-order valence-electron chi connectivity index (χ2n) is 7.72. The Labute approximate surface area is 203 Å². The molecule has 0 atom stereocenters. The topological polar surface area (TPSA) is 49.9 Å². The van der Waals surface area contributed by atoms with Crippen molar-refractivity contribution in [2.75, 3.05) is 36.8 Å². The van der Waals surface area contributed by atoms with E-state index in [9.17, 15) is 8.42 Å². The highest BCUT2D eigenvalue weighted by Crippen LogP contribution is 2.34. The van der Waals surface area contributed by atoms with Crippen LogP contribution in [-0.4, -0.2) is 45.8 Å². The Morgan fingerprint density at radius 3 is 2.55 bits per heavy atom. The molecule has 9 heteroatoms. The van der Waals surface area contributed by atoms with Gasteiger partial charge >= 0.3 is 0 Å². The van der Waals surface area contributed by atoms with Gasteiger partial charge in [-0.25, -0.2) is 8.42 Å². The molecule has 1 aliphatic rings. The van der Waals surface area contributed by atoms with Crippen LogP contribution in [0.3, 0.4) is 0 Å². The first-order valence-corrected chi connectivity index (χ1v) is 13.7. The van der Waals surface area contributed by atoms with Gasteiger partial charge < -0.3 is 9.64 Å². The first-order chi connectivity index (χ1) is 14.7. The summed E-state index contributed by atoms with van der Waals surface area (Å²) in [6.07, 6.45) is 5.93. The quantitative estimate of drug-likeness (QED) is 0.361. The molecule has 1 fully saturated rings. The van der Waals surface area contributed by atoms with Crippen molar-refractivity contribution in [3.8, 4) is 5.75 Å².